The van der Waals surface area contributed by atoms with E-state index in [-0.39, 0.29) is 11.8 Å². The van der Waals surface area contributed by atoms with Crippen molar-refractivity contribution in [2.45, 2.75) is 109 Å². The summed E-state index contributed by atoms with van der Waals surface area (Å²) in [6.45, 7) is 17.7. The first-order valence-electron chi connectivity index (χ1n) is 13.7. The van der Waals surface area contributed by atoms with Gasteiger partial charge in [-0.3, -0.25) is 9.59 Å². The highest BCUT2D eigenvalue weighted by Crippen LogP contribution is 2.46. The van der Waals surface area contributed by atoms with E-state index in [4.69, 9.17) is 15.6 Å². The molecule has 206 valence electrons. The average Bonchev–Trinajstić information content (AvgIpc) is 3.37. The van der Waals surface area contributed by atoms with E-state index < -0.39 is 8.53 Å². The van der Waals surface area contributed by atoms with Gasteiger partial charge in [0.2, 0.25) is 18.4 Å². The fourth-order valence-electron chi connectivity index (χ4n) is 4.88. The largest absolute Gasteiger partial charge is 0.356 e. The Morgan fingerprint density at radius 3 is 2.58 bits per heavy atom. The maximum absolute atomic E-state index is 12.1. The zero-order valence-corrected chi connectivity index (χ0v) is 24.4. The number of amides is 2. The van der Waals surface area contributed by atoms with Crippen molar-refractivity contribution < 1.29 is 18.6 Å². The zero-order chi connectivity index (χ0) is 26.3. The zero-order valence-electron chi connectivity index (χ0n) is 22.7. The van der Waals surface area contributed by atoms with Crippen LogP contribution < -0.4 is 10.6 Å². The van der Waals surface area contributed by atoms with Crippen LogP contribution in [0.2, 0.25) is 0 Å². The van der Waals surface area contributed by atoms with E-state index in [0.717, 1.165) is 57.2 Å². The summed E-state index contributed by atoms with van der Waals surface area (Å²) in [7, 11) is -1.15. The number of hydrogen-bond donors (Lipinski definition) is 2. The van der Waals surface area contributed by atoms with Crippen molar-refractivity contribution in [1.82, 2.24) is 15.3 Å². The van der Waals surface area contributed by atoms with Crippen LogP contribution in [-0.4, -0.2) is 71.9 Å². The van der Waals surface area contributed by atoms with Gasteiger partial charge in [0.1, 0.15) is 6.61 Å². The summed E-state index contributed by atoms with van der Waals surface area (Å²) >= 11 is 1.99. The van der Waals surface area contributed by atoms with Crippen molar-refractivity contribution in [3.63, 3.8) is 0 Å². The molecule has 0 aromatic rings. The Kier molecular flexibility index (Phi) is 15.3. The van der Waals surface area contributed by atoms with E-state index in [9.17, 15) is 9.59 Å². The molecule has 0 aliphatic carbocycles. The van der Waals surface area contributed by atoms with E-state index in [1.165, 1.54) is 0 Å². The number of unbranched alkanes of at least 4 members (excludes halogenated alkanes) is 4. The standard InChI is InChI=1S/C26H47N4O4PS/c1-20(2)30(21(3)4)35(34-17-15-27-5)33-16-11-7-6-10-14-28-24(31)13-9-8-12-23-26-22(19-36-23)18-25(32)29-26/h20-23,26H,6-19H2,1-4H3,(H,28,31)(H,29,32). The Morgan fingerprint density at radius 1 is 1.14 bits per heavy atom. The van der Waals surface area contributed by atoms with Crippen molar-refractivity contribution in [2.24, 2.45) is 5.92 Å². The van der Waals surface area contributed by atoms with Crippen molar-refractivity contribution in [1.29, 1.82) is 0 Å². The second-order valence-electron chi connectivity index (χ2n) is 10.3. The number of carbonyl (C=O) groups excluding carboxylic acids is 2. The third-order valence-electron chi connectivity index (χ3n) is 6.60. The van der Waals surface area contributed by atoms with Crippen molar-refractivity contribution in [2.75, 3.05) is 32.1 Å². The first-order valence-corrected chi connectivity index (χ1v) is 15.9. The molecule has 0 spiro atoms. The first-order chi connectivity index (χ1) is 17.3. The van der Waals surface area contributed by atoms with Gasteiger partial charge in [-0.1, -0.05) is 19.3 Å². The Balaban J connectivity index is 1.48. The molecule has 2 amide bonds. The number of thioether (sulfide) groups is 1. The molecule has 0 aromatic heterocycles. The molecule has 2 N–H and O–H groups in total. The second-order valence-corrected chi connectivity index (χ2v) is 13.0. The minimum atomic E-state index is -1.15. The minimum Gasteiger partial charge on any atom is -0.356 e. The summed E-state index contributed by atoms with van der Waals surface area (Å²) in [4.78, 5) is 27.1. The van der Waals surface area contributed by atoms with Gasteiger partial charge in [0.25, 0.3) is 8.53 Å². The van der Waals surface area contributed by atoms with Crippen molar-refractivity contribution in [3.05, 3.63) is 11.4 Å². The molecule has 36 heavy (non-hydrogen) atoms. The van der Waals surface area contributed by atoms with Crippen molar-refractivity contribution >= 4 is 32.1 Å². The van der Waals surface area contributed by atoms with E-state index in [1.54, 1.807) is 0 Å². The second kappa shape index (κ2) is 17.6. The lowest BCUT2D eigenvalue weighted by Crippen LogP contribution is -2.34. The molecule has 2 aliphatic heterocycles. The molecule has 4 atom stereocenters. The normalized spacial score (nSPS) is 22.2. The van der Waals surface area contributed by atoms with Gasteiger partial charge in [-0.2, -0.15) is 11.8 Å². The number of nitrogens with one attached hydrogen (secondary N) is 2. The quantitative estimate of drug-likeness (QED) is 0.134. The lowest BCUT2D eigenvalue weighted by molar-refractivity contribution is -0.121. The molecule has 2 aliphatic rings. The Hall–Kier alpha value is -0.910. The highest BCUT2D eigenvalue weighted by molar-refractivity contribution is 8.00. The highest BCUT2D eigenvalue weighted by Gasteiger charge is 2.42. The molecule has 0 saturated carbocycles. The number of fused-ring (bicyclic) bond motifs is 1. The van der Waals surface area contributed by atoms with E-state index >= 15 is 0 Å². The van der Waals surface area contributed by atoms with Crippen molar-refractivity contribution in [3.8, 4) is 0 Å². The summed E-state index contributed by atoms with van der Waals surface area (Å²) < 4.78 is 14.3. The van der Waals surface area contributed by atoms with Gasteiger partial charge in [0, 0.05) is 42.8 Å². The van der Waals surface area contributed by atoms with Crippen LogP contribution in [0.3, 0.4) is 0 Å². The smallest absolute Gasteiger partial charge is 0.259 e. The van der Waals surface area contributed by atoms with Gasteiger partial charge in [0.05, 0.1) is 6.61 Å². The summed E-state index contributed by atoms with van der Waals surface area (Å²) in [6, 6.07) is 0.989. The molecule has 0 radical (unpaired) electrons. The molecular weight excluding hydrogens is 495 g/mol. The number of rotatable bonds is 19. The molecule has 0 aromatic carbocycles. The molecule has 2 saturated heterocycles. The van der Waals surface area contributed by atoms with Crippen LogP contribution in [0.15, 0.2) is 0 Å². The molecule has 2 rings (SSSR count). The number of hydrogen-bond acceptors (Lipinski definition) is 6. The van der Waals surface area contributed by atoms with E-state index in [2.05, 4.69) is 47.8 Å². The summed E-state index contributed by atoms with van der Waals surface area (Å²) in [6.07, 6.45) is 8.38. The van der Waals surface area contributed by atoms with Crippen LogP contribution in [0.5, 0.6) is 0 Å². The Morgan fingerprint density at radius 2 is 1.86 bits per heavy atom. The molecule has 10 heteroatoms. The minimum absolute atomic E-state index is 0.147. The maximum Gasteiger partial charge on any atom is 0.259 e. The first kappa shape index (κ1) is 31.3. The highest BCUT2D eigenvalue weighted by atomic mass is 32.2. The SMILES string of the molecule is [C-]#[N+]CCOP(OCCCCCCNC(=O)CCCCC1SCC2CC(=O)NC21)N(C(C)C)C(C)C. The summed E-state index contributed by atoms with van der Waals surface area (Å²) in [5.41, 5.74) is 0. The third-order valence-corrected chi connectivity index (χ3v) is 10.3. The van der Waals surface area contributed by atoms with E-state index in [1.807, 2.05) is 11.8 Å². The Labute approximate surface area is 224 Å². The number of carbonyl (C=O) groups is 2. The maximum atomic E-state index is 12.1. The molecule has 4 unspecified atom stereocenters. The van der Waals surface area contributed by atoms with Crippen LogP contribution in [0.4, 0.5) is 0 Å². The van der Waals surface area contributed by atoms with Gasteiger partial charge in [-0.05, 0) is 65.0 Å². The fraction of sp³-hybridized carbons (Fsp3) is 0.885. The van der Waals surface area contributed by atoms with Crippen LogP contribution in [0.1, 0.15) is 85.5 Å². The third kappa shape index (κ3) is 11.2. The average molecular weight is 543 g/mol. The van der Waals surface area contributed by atoms with Crippen LogP contribution >= 0.6 is 20.3 Å². The monoisotopic (exact) mass is 542 g/mol. The molecule has 2 fully saturated rings. The van der Waals surface area contributed by atoms with Crippen LogP contribution in [0.25, 0.3) is 4.85 Å². The van der Waals surface area contributed by atoms with Gasteiger partial charge < -0.3 is 24.5 Å². The van der Waals surface area contributed by atoms with Crippen LogP contribution in [0, 0.1) is 12.5 Å². The van der Waals surface area contributed by atoms with Crippen LogP contribution in [-0.2, 0) is 18.6 Å². The number of nitrogens with zero attached hydrogens (tertiary/aromatic N) is 2. The van der Waals surface area contributed by atoms with Gasteiger partial charge in [0.15, 0.2) is 0 Å². The Bertz CT molecular complexity index is 698. The van der Waals surface area contributed by atoms with Gasteiger partial charge in [-0.15, -0.1) is 0 Å². The van der Waals surface area contributed by atoms with Gasteiger partial charge in [-0.25, -0.2) is 11.2 Å². The molecular formula is C26H47N4O4PS. The summed E-state index contributed by atoms with van der Waals surface area (Å²) in [5, 5.41) is 6.71. The predicted octanol–water partition coefficient (Wildman–Crippen LogP) is 5.14. The topological polar surface area (TPSA) is 84.3 Å². The lowest BCUT2D eigenvalue weighted by Gasteiger charge is -2.35. The molecule has 0 bridgehead atoms. The molecule has 2 heterocycles. The predicted molar refractivity (Wildman–Crippen MR) is 149 cm³/mol. The fourth-order valence-corrected chi connectivity index (χ4v) is 8.15. The summed E-state index contributed by atoms with van der Waals surface area (Å²) in [5.74, 6) is 1.96. The lowest BCUT2D eigenvalue weighted by atomic mass is 9.97. The van der Waals surface area contributed by atoms with E-state index in [0.29, 0.717) is 61.9 Å². The molecule has 8 nitrogen and oxygen atoms in total. The van der Waals surface area contributed by atoms with Gasteiger partial charge >= 0.3 is 0 Å².